The lowest BCUT2D eigenvalue weighted by Crippen LogP contribution is -2.03. The molecule has 0 spiro atoms. The van der Waals surface area contributed by atoms with Gasteiger partial charge in [0.1, 0.15) is 0 Å². The third-order valence-electron chi connectivity index (χ3n) is 2.64. The predicted molar refractivity (Wildman–Crippen MR) is 78.2 cm³/mol. The van der Waals surface area contributed by atoms with Gasteiger partial charge < -0.3 is 5.32 Å². The molecule has 0 aliphatic rings. The highest BCUT2D eigenvalue weighted by atomic mass is 14.8. The largest absolute Gasteiger partial charge is 0.392 e. The number of hydrogen-bond acceptors (Lipinski definition) is 1. The Morgan fingerprint density at radius 3 is 2.29 bits per heavy atom. The number of hydrogen-bond donors (Lipinski definition) is 1. The second kappa shape index (κ2) is 11.3. The summed E-state index contributed by atoms with van der Waals surface area (Å²) in [5.74, 6) is 0. The van der Waals surface area contributed by atoms with E-state index in [0.29, 0.717) is 0 Å². The summed E-state index contributed by atoms with van der Waals surface area (Å²) in [5, 5.41) is 3.08. The second-order valence-electron chi connectivity index (χ2n) is 3.90. The molecular formula is C16H27N. The maximum Gasteiger partial charge on any atom is 0.00310 e. The Balaban J connectivity index is 0.00000121. The lowest BCUT2D eigenvalue weighted by molar-refractivity contribution is 0.661. The maximum atomic E-state index is 3.92. The van der Waals surface area contributed by atoms with Gasteiger partial charge in [0.2, 0.25) is 0 Å². The van der Waals surface area contributed by atoms with Crippen molar-refractivity contribution in [3.63, 3.8) is 0 Å². The summed E-state index contributed by atoms with van der Waals surface area (Å²) in [4.78, 5) is 0. The number of aryl methyl sites for hydroxylation is 1. The molecule has 0 amide bonds. The van der Waals surface area contributed by atoms with Gasteiger partial charge in [-0.2, -0.15) is 0 Å². The van der Waals surface area contributed by atoms with E-state index in [4.69, 9.17) is 0 Å². The van der Waals surface area contributed by atoms with Crippen LogP contribution in [0.15, 0.2) is 42.6 Å². The van der Waals surface area contributed by atoms with Crippen LogP contribution in [0.1, 0.15) is 45.1 Å². The van der Waals surface area contributed by atoms with Gasteiger partial charge in [-0.15, -0.1) is 0 Å². The fraction of sp³-hybridized carbons (Fsp3) is 0.500. The van der Waals surface area contributed by atoms with Gasteiger partial charge in [0, 0.05) is 12.7 Å². The van der Waals surface area contributed by atoms with Crippen LogP contribution < -0.4 is 5.32 Å². The summed E-state index contributed by atoms with van der Waals surface area (Å²) in [6.07, 6.45) is 6.11. The van der Waals surface area contributed by atoms with Crippen molar-refractivity contribution in [1.82, 2.24) is 5.32 Å². The minimum absolute atomic E-state index is 1.10. The molecule has 1 aromatic rings. The molecule has 0 saturated heterocycles. The molecule has 0 saturated carbocycles. The second-order valence-corrected chi connectivity index (χ2v) is 3.90. The molecular weight excluding hydrogens is 206 g/mol. The van der Waals surface area contributed by atoms with Crippen LogP contribution in [0.5, 0.6) is 0 Å². The van der Waals surface area contributed by atoms with E-state index < -0.39 is 0 Å². The maximum absolute atomic E-state index is 3.92. The zero-order valence-electron chi connectivity index (χ0n) is 11.6. The summed E-state index contributed by atoms with van der Waals surface area (Å²) < 4.78 is 0. The van der Waals surface area contributed by atoms with Crippen molar-refractivity contribution >= 4 is 0 Å². The molecule has 0 unspecified atom stereocenters. The first kappa shape index (κ1) is 15.8. The van der Waals surface area contributed by atoms with Gasteiger partial charge in [0.25, 0.3) is 0 Å². The van der Waals surface area contributed by atoms with Crippen LogP contribution in [0.2, 0.25) is 0 Å². The van der Waals surface area contributed by atoms with E-state index in [2.05, 4.69) is 42.2 Å². The molecule has 0 heterocycles. The number of allylic oxidation sites excluding steroid dienone is 1. The molecule has 1 N–H and O–H groups in total. The van der Waals surface area contributed by atoms with Crippen molar-refractivity contribution in [2.45, 2.75) is 46.0 Å². The monoisotopic (exact) mass is 233 g/mol. The normalized spacial score (nSPS) is 9.12. The van der Waals surface area contributed by atoms with E-state index in [9.17, 15) is 0 Å². The van der Waals surface area contributed by atoms with E-state index in [1.807, 2.05) is 20.9 Å². The van der Waals surface area contributed by atoms with Crippen LogP contribution >= 0.6 is 0 Å². The standard InChI is InChI=1S/C14H21N.C2H6/c1-13(15-2)9-5-3-6-10-14-11-7-4-8-12-14;1-2/h4,7-8,11-12,15H,1,3,5-6,9-10H2,2H3;1-2H3. The summed E-state index contributed by atoms with van der Waals surface area (Å²) in [6.45, 7) is 7.92. The number of unbranched alkanes of at least 4 members (excludes halogenated alkanes) is 2. The van der Waals surface area contributed by atoms with Gasteiger partial charge in [-0.3, -0.25) is 0 Å². The molecule has 0 fully saturated rings. The average Bonchev–Trinajstić information content (AvgIpc) is 2.41. The Morgan fingerprint density at radius 1 is 1.06 bits per heavy atom. The number of nitrogens with one attached hydrogen (secondary N) is 1. The molecule has 1 nitrogen and oxygen atoms in total. The third kappa shape index (κ3) is 8.56. The van der Waals surface area contributed by atoms with Gasteiger partial charge >= 0.3 is 0 Å². The smallest absolute Gasteiger partial charge is 0.00310 e. The molecule has 0 radical (unpaired) electrons. The molecule has 0 aromatic heterocycles. The lowest BCUT2D eigenvalue weighted by Gasteiger charge is -2.04. The fourth-order valence-electron chi connectivity index (χ4n) is 1.61. The van der Waals surface area contributed by atoms with Crippen LogP contribution in [-0.2, 0) is 6.42 Å². The molecule has 0 aliphatic heterocycles. The van der Waals surface area contributed by atoms with Gasteiger partial charge in [-0.25, -0.2) is 0 Å². The topological polar surface area (TPSA) is 12.0 Å². The number of rotatable bonds is 7. The summed E-state index contributed by atoms with van der Waals surface area (Å²) in [6, 6.07) is 10.7. The van der Waals surface area contributed by atoms with Crippen molar-refractivity contribution < 1.29 is 0 Å². The van der Waals surface area contributed by atoms with Gasteiger partial charge in [-0.05, 0) is 31.2 Å². The van der Waals surface area contributed by atoms with E-state index in [1.165, 1.54) is 31.2 Å². The van der Waals surface area contributed by atoms with Crippen molar-refractivity contribution in [2.24, 2.45) is 0 Å². The van der Waals surface area contributed by atoms with Crippen LogP contribution in [0.25, 0.3) is 0 Å². The van der Waals surface area contributed by atoms with Crippen LogP contribution in [0, 0.1) is 0 Å². The summed E-state index contributed by atoms with van der Waals surface area (Å²) in [7, 11) is 1.94. The Labute approximate surface area is 107 Å². The zero-order chi connectivity index (χ0) is 12.9. The Bertz CT molecular complexity index is 277. The zero-order valence-corrected chi connectivity index (χ0v) is 11.6. The van der Waals surface area contributed by atoms with Gasteiger partial charge in [-0.1, -0.05) is 57.2 Å². The highest BCUT2D eigenvalue weighted by molar-refractivity contribution is 5.14. The molecule has 1 aromatic carbocycles. The minimum atomic E-state index is 1.10. The molecule has 1 heteroatoms. The molecule has 0 bridgehead atoms. The highest BCUT2D eigenvalue weighted by Crippen LogP contribution is 2.09. The van der Waals surface area contributed by atoms with Crippen LogP contribution in [0.4, 0.5) is 0 Å². The molecule has 0 atom stereocenters. The quantitative estimate of drug-likeness (QED) is 0.681. The Hall–Kier alpha value is -1.24. The average molecular weight is 233 g/mol. The first-order chi connectivity index (χ1) is 8.33. The van der Waals surface area contributed by atoms with E-state index >= 15 is 0 Å². The molecule has 0 aliphatic carbocycles. The lowest BCUT2D eigenvalue weighted by atomic mass is 10.1. The summed E-state index contributed by atoms with van der Waals surface area (Å²) in [5.41, 5.74) is 2.60. The number of benzene rings is 1. The van der Waals surface area contributed by atoms with Crippen LogP contribution in [-0.4, -0.2) is 7.05 Å². The highest BCUT2D eigenvalue weighted by Gasteiger charge is 1.94. The third-order valence-corrected chi connectivity index (χ3v) is 2.64. The van der Waals surface area contributed by atoms with Crippen molar-refractivity contribution in [2.75, 3.05) is 7.05 Å². The Morgan fingerprint density at radius 2 is 1.71 bits per heavy atom. The molecule has 17 heavy (non-hydrogen) atoms. The van der Waals surface area contributed by atoms with Crippen molar-refractivity contribution in [3.05, 3.63) is 48.2 Å². The Kier molecular flexibility index (Phi) is 10.4. The van der Waals surface area contributed by atoms with Crippen molar-refractivity contribution in [1.29, 1.82) is 0 Å². The fourth-order valence-corrected chi connectivity index (χ4v) is 1.61. The summed E-state index contributed by atoms with van der Waals surface area (Å²) >= 11 is 0. The van der Waals surface area contributed by atoms with E-state index in [1.54, 1.807) is 0 Å². The molecule has 96 valence electrons. The van der Waals surface area contributed by atoms with Gasteiger partial charge in [0.15, 0.2) is 0 Å². The van der Waals surface area contributed by atoms with Crippen molar-refractivity contribution in [3.8, 4) is 0 Å². The molecule has 1 rings (SSSR count). The van der Waals surface area contributed by atoms with E-state index in [0.717, 1.165) is 12.1 Å². The van der Waals surface area contributed by atoms with Crippen LogP contribution in [0.3, 0.4) is 0 Å². The van der Waals surface area contributed by atoms with Gasteiger partial charge in [0.05, 0.1) is 0 Å². The SMILES string of the molecule is C=C(CCCCCc1ccccc1)NC.CC. The first-order valence-electron chi connectivity index (χ1n) is 6.72. The predicted octanol–water partition coefficient (Wildman–Crippen LogP) is 4.55. The first-order valence-corrected chi connectivity index (χ1v) is 6.72. The van der Waals surface area contributed by atoms with E-state index in [-0.39, 0.29) is 0 Å². The minimum Gasteiger partial charge on any atom is -0.392 e.